The van der Waals surface area contributed by atoms with Crippen molar-refractivity contribution in [1.29, 1.82) is 0 Å². The fraction of sp³-hybridized carbons (Fsp3) is 0.562. The summed E-state index contributed by atoms with van der Waals surface area (Å²) in [7, 11) is 0. The van der Waals surface area contributed by atoms with Crippen LogP contribution in [0, 0.1) is 11.7 Å². The smallest absolute Gasteiger partial charge is 0.227 e. The van der Waals surface area contributed by atoms with Crippen molar-refractivity contribution in [3.63, 3.8) is 0 Å². The van der Waals surface area contributed by atoms with Crippen LogP contribution in [0.4, 0.5) is 4.39 Å². The van der Waals surface area contributed by atoms with Crippen LogP contribution in [-0.4, -0.2) is 36.5 Å². The molecule has 0 spiro atoms. The zero-order valence-corrected chi connectivity index (χ0v) is 12.0. The normalized spacial score (nSPS) is 29.6. The number of rotatable bonds is 2. The zero-order valence-electron chi connectivity index (χ0n) is 12.0. The Morgan fingerprint density at radius 1 is 1.38 bits per heavy atom. The molecule has 1 aliphatic carbocycles. The van der Waals surface area contributed by atoms with E-state index < -0.39 is 0 Å². The van der Waals surface area contributed by atoms with Gasteiger partial charge in [0.1, 0.15) is 11.9 Å². The number of carbonyl (C=O) groups is 1. The molecule has 1 aromatic rings. The van der Waals surface area contributed by atoms with Crippen LogP contribution in [0.25, 0.3) is 0 Å². The molecule has 2 aliphatic rings. The Kier molecular flexibility index (Phi) is 4.22. The van der Waals surface area contributed by atoms with Crippen molar-refractivity contribution in [1.82, 2.24) is 4.90 Å². The molecule has 0 unspecified atom stereocenters. The molecule has 1 saturated carbocycles. The third-order valence-corrected chi connectivity index (χ3v) is 4.49. The van der Waals surface area contributed by atoms with E-state index >= 15 is 0 Å². The summed E-state index contributed by atoms with van der Waals surface area (Å²) in [5.41, 5.74) is 6.80. The number of morpholine rings is 1. The molecule has 1 heterocycles. The standard InChI is InChI=1S/C16H21FN2O2/c17-12-4-1-3-11(9-12)15-10-19(7-8-21-15)16(20)13-5-2-6-14(13)18/h1,3-4,9,13-15H,2,5-8,10,18H2/t13-,14+,15-/m0/s1. The Morgan fingerprint density at radius 2 is 2.24 bits per heavy atom. The van der Waals surface area contributed by atoms with E-state index in [9.17, 15) is 9.18 Å². The Morgan fingerprint density at radius 3 is 2.95 bits per heavy atom. The summed E-state index contributed by atoms with van der Waals surface area (Å²) in [5, 5.41) is 0. The molecular weight excluding hydrogens is 271 g/mol. The molecular formula is C16H21FN2O2. The molecule has 1 aromatic carbocycles. The molecule has 2 N–H and O–H groups in total. The van der Waals surface area contributed by atoms with Crippen LogP contribution in [0.3, 0.4) is 0 Å². The summed E-state index contributed by atoms with van der Waals surface area (Å²) >= 11 is 0. The minimum absolute atomic E-state index is 0.0204. The minimum atomic E-state index is -0.280. The molecule has 0 aromatic heterocycles. The highest BCUT2D eigenvalue weighted by atomic mass is 19.1. The van der Waals surface area contributed by atoms with E-state index in [1.165, 1.54) is 12.1 Å². The first-order valence-corrected chi connectivity index (χ1v) is 7.56. The van der Waals surface area contributed by atoms with E-state index in [-0.39, 0.29) is 29.8 Å². The number of carbonyl (C=O) groups excluding carboxylic acids is 1. The molecule has 3 atom stereocenters. The summed E-state index contributed by atoms with van der Waals surface area (Å²) in [4.78, 5) is 14.4. The lowest BCUT2D eigenvalue weighted by Gasteiger charge is -2.35. The first-order valence-electron chi connectivity index (χ1n) is 7.56. The summed E-state index contributed by atoms with van der Waals surface area (Å²) in [6, 6.07) is 6.37. The van der Waals surface area contributed by atoms with Gasteiger partial charge in [-0.3, -0.25) is 4.79 Å². The van der Waals surface area contributed by atoms with Crippen molar-refractivity contribution in [2.45, 2.75) is 31.4 Å². The molecule has 114 valence electrons. The molecule has 2 fully saturated rings. The van der Waals surface area contributed by atoms with Gasteiger partial charge in [0.05, 0.1) is 19.1 Å². The van der Waals surface area contributed by atoms with E-state index in [2.05, 4.69) is 0 Å². The van der Waals surface area contributed by atoms with Crippen molar-refractivity contribution < 1.29 is 13.9 Å². The highest BCUT2D eigenvalue weighted by Gasteiger charge is 2.35. The van der Waals surface area contributed by atoms with Crippen LogP contribution in [0.1, 0.15) is 30.9 Å². The van der Waals surface area contributed by atoms with Crippen molar-refractivity contribution in [3.05, 3.63) is 35.6 Å². The maximum Gasteiger partial charge on any atom is 0.227 e. The van der Waals surface area contributed by atoms with Crippen molar-refractivity contribution >= 4 is 5.91 Å². The number of hydrogen-bond acceptors (Lipinski definition) is 3. The Bertz CT molecular complexity index is 523. The number of nitrogens with zero attached hydrogens (tertiary/aromatic N) is 1. The fourth-order valence-electron chi connectivity index (χ4n) is 3.29. The van der Waals surface area contributed by atoms with E-state index in [0.29, 0.717) is 19.7 Å². The second-order valence-corrected chi connectivity index (χ2v) is 5.90. The fourth-order valence-corrected chi connectivity index (χ4v) is 3.29. The second kappa shape index (κ2) is 6.12. The molecule has 5 heteroatoms. The Hall–Kier alpha value is -1.46. The van der Waals surface area contributed by atoms with Crippen molar-refractivity contribution in [2.24, 2.45) is 11.7 Å². The number of nitrogens with two attached hydrogens (primary N) is 1. The Balaban J connectivity index is 1.69. The van der Waals surface area contributed by atoms with Crippen LogP contribution in [0.15, 0.2) is 24.3 Å². The molecule has 21 heavy (non-hydrogen) atoms. The van der Waals surface area contributed by atoms with Crippen molar-refractivity contribution in [3.8, 4) is 0 Å². The van der Waals surface area contributed by atoms with Gasteiger partial charge in [0.2, 0.25) is 5.91 Å². The number of hydrogen-bond donors (Lipinski definition) is 1. The van der Waals surface area contributed by atoms with Gasteiger partial charge >= 0.3 is 0 Å². The average molecular weight is 292 g/mol. The van der Waals surface area contributed by atoms with Gasteiger partial charge in [-0.15, -0.1) is 0 Å². The second-order valence-electron chi connectivity index (χ2n) is 5.90. The highest BCUT2D eigenvalue weighted by molar-refractivity contribution is 5.80. The Labute approximate surface area is 124 Å². The summed E-state index contributed by atoms with van der Waals surface area (Å²) in [5.74, 6) is -0.210. The molecule has 3 rings (SSSR count). The van der Waals surface area contributed by atoms with Gasteiger partial charge in [0.15, 0.2) is 0 Å². The lowest BCUT2D eigenvalue weighted by atomic mass is 10.0. The van der Waals surface area contributed by atoms with Gasteiger partial charge in [-0.25, -0.2) is 4.39 Å². The molecule has 1 saturated heterocycles. The van der Waals surface area contributed by atoms with Crippen LogP contribution >= 0.6 is 0 Å². The third-order valence-electron chi connectivity index (χ3n) is 4.49. The predicted molar refractivity (Wildman–Crippen MR) is 77.0 cm³/mol. The van der Waals surface area contributed by atoms with E-state index in [1.807, 2.05) is 11.0 Å². The number of ether oxygens (including phenoxy) is 1. The first-order chi connectivity index (χ1) is 10.1. The number of amides is 1. The minimum Gasteiger partial charge on any atom is -0.370 e. The molecule has 1 aliphatic heterocycles. The quantitative estimate of drug-likeness (QED) is 0.905. The maximum atomic E-state index is 13.3. The van der Waals surface area contributed by atoms with Crippen LogP contribution in [0.5, 0.6) is 0 Å². The molecule has 0 bridgehead atoms. The van der Waals surface area contributed by atoms with Gasteiger partial charge in [-0.05, 0) is 30.5 Å². The van der Waals surface area contributed by atoms with Crippen LogP contribution in [-0.2, 0) is 9.53 Å². The van der Waals surface area contributed by atoms with Crippen LogP contribution < -0.4 is 5.73 Å². The largest absolute Gasteiger partial charge is 0.370 e. The maximum absolute atomic E-state index is 13.3. The van der Waals surface area contributed by atoms with E-state index in [0.717, 1.165) is 24.8 Å². The van der Waals surface area contributed by atoms with Crippen molar-refractivity contribution in [2.75, 3.05) is 19.7 Å². The summed E-state index contributed by atoms with van der Waals surface area (Å²) in [6.07, 6.45) is 2.57. The molecule has 4 nitrogen and oxygen atoms in total. The number of benzene rings is 1. The van der Waals surface area contributed by atoms with Gasteiger partial charge in [0, 0.05) is 12.6 Å². The van der Waals surface area contributed by atoms with Gasteiger partial charge in [-0.2, -0.15) is 0 Å². The molecule has 1 amide bonds. The first kappa shape index (κ1) is 14.5. The van der Waals surface area contributed by atoms with E-state index in [1.54, 1.807) is 6.07 Å². The number of halogens is 1. The SMILES string of the molecule is N[C@@H]1CCC[C@@H]1C(=O)N1CCO[C@H](c2cccc(F)c2)C1. The lowest BCUT2D eigenvalue weighted by molar-refractivity contribution is -0.143. The third kappa shape index (κ3) is 3.09. The van der Waals surface area contributed by atoms with Gasteiger partial charge in [0.25, 0.3) is 0 Å². The lowest BCUT2D eigenvalue weighted by Crippen LogP contribution is -2.47. The average Bonchev–Trinajstić information content (AvgIpc) is 2.93. The monoisotopic (exact) mass is 292 g/mol. The predicted octanol–water partition coefficient (Wildman–Crippen LogP) is 1.85. The van der Waals surface area contributed by atoms with Crippen LogP contribution in [0.2, 0.25) is 0 Å². The molecule has 0 radical (unpaired) electrons. The van der Waals surface area contributed by atoms with Gasteiger partial charge < -0.3 is 15.4 Å². The summed E-state index contributed by atoms with van der Waals surface area (Å²) in [6.45, 7) is 1.55. The highest BCUT2D eigenvalue weighted by Crippen LogP contribution is 2.29. The topological polar surface area (TPSA) is 55.6 Å². The van der Waals surface area contributed by atoms with E-state index in [4.69, 9.17) is 10.5 Å². The summed E-state index contributed by atoms with van der Waals surface area (Å²) < 4.78 is 19.0. The zero-order chi connectivity index (χ0) is 14.8. The van der Waals surface area contributed by atoms with Gasteiger partial charge in [-0.1, -0.05) is 18.6 Å².